The summed E-state index contributed by atoms with van der Waals surface area (Å²) in [5, 5.41) is 0.711. The molecule has 2 aliphatic heterocycles. The van der Waals surface area contributed by atoms with Gasteiger partial charge >= 0.3 is 6.18 Å². The molecule has 0 radical (unpaired) electrons. The molecule has 2 aromatic heterocycles. The lowest BCUT2D eigenvalue weighted by Gasteiger charge is -2.25. The number of fused-ring (bicyclic) bond motifs is 1. The third-order valence-corrected chi connectivity index (χ3v) is 7.68. The summed E-state index contributed by atoms with van der Waals surface area (Å²) in [6.07, 6.45) is -1.63. The maximum Gasteiger partial charge on any atom is 0.393 e. The lowest BCUT2D eigenvalue weighted by molar-refractivity contribution is -0.126. The van der Waals surface area contributed by atoms with Crippen LogP contribution in [0.3, 0.4) is 0 Å². The molecule has 1 amide bonds. The van der Waals surface area contributed by atoms with Crippen LogP contribution in [0.25, 0.3) is 10.2 Å². The number of aromatic nitrogens is 2. The highest BCUT2D eigenvalue weighted by Crippen LogP contribution is 2.43. The van der Waals surface area contributed by atoms with Crippen molar-refractivity contribution < 1.29 is 18.0 Å². The fourth-order valence-electron chi connectivity index (χ4n) is 5.07. The number of primary amides is 1. The Morgan fingerprint density at radius 2 is 1.88 bits per heavy atom. The second kappa shape index (κ2) is 8.25. The number of hydrogen-bond acceptors (Lipinski definition) is 6. The van der Waals surface area contributed by atoms with E-state index in [9.17, 15) is 18.0 Å². The lowest BCUT2D eigenvalue weighted by atomic mass is 9.86. The van der Waals surface area contributed by atoms with E-state index in [1.807, 2.05) is 12.1 Å². The molecule has 33 heavy (non-hydrogen) atoms. The Hall–Kier alpha value is -2.72. The van der Waals surface area contributed by atoms with Crippen LogP contribution in [0.4, 0.5) is 19.0 Å². The molecule has 1 atom stereocenters. The molecule has 0 saturated carbocycles. The van der Waals surface area contributed by atoms with E-state index < -0.39 is 18.5 Å². The number of nitrogens with two attached hydrogens (primary N) is 1. The van der Waals surface area contributed by atoms with Crippen molar-refractivity contribution >= 4 is 33.3 Å². The molecule has 0 unspecified atom stereocenters. The first kappa shape index (κ1) is 22.1. The van der Waals surface area contributed by atoms with Gasteiger partial charge in [-0.05, 0) is 43.1 Å². The van der Waals surface area contributed by atoms with Crippen molar-refractivity contribution in [3.05, 3.63) is 52.7 Å². The number of likely N-dealkylation sites (tertiary alicyclic amines) is 1. The smallest absolute Gasteiger partial charge is 0.366 e. The van der Waals surface area contributed by atoms with Gasteiger partial charge in [-0.3, -0.25) is 9.69 Å². The molecule has 0 aliphatic carbocycles. The molecule has 1 spiro atoms. The molecule has 174 valence electrons. The van der Waals surface area contributed by atoms with Crippen molar-refractivity contribution in [3.63, 3.8) is 0 Å². The first-order valence-corrected chi connectivity index (χ1v) is 11.7. The number of amides is 1. The first-order valence-electron chi connectivity index (χ1n) is 10.9. The van der Waals surface area contributed by atoms with Gasteiger partial charge in [-0.25, -0.2) is 9.97 Å². The first-order chi connectivity index (χ1) is 15.7. The summed E-state index contributed by atoms with van der Waals surface area (Å²) in [4.78, 5) is 25.4. The van der Waals surface area contributed by atoms with Gasteiger partial charge in [0.1, 0.15) is 17.0 Å². The average Bonchev–Trinajstić information content (AvgIpc) is 3.45. The third kappa shape index (κ3) is 4.67. The highest BCUT2D eigenvalue weighted by molar-refractivity contribution is 7.18. The van der Waals surface area contributed by atoms with Crippen LogP contribution in [-0.2, 0) is 13.0 Å². The number of halogens is 3. The van der Waals surface area contributed by atoms with Crippen LogP contribution >= 0.6 is 11.3 Å². The number of rotatable bonds is 5. The number of benzene rings is 1. The molecule has 6 nitrogen and oxygen atoms in total. The fourth-order valence-corrected chi connectivity index (χ4v) is 6.09. The van der Waals surface area contributed by atoms with Crippen LogP contribution in [0.15, 0.2) is 36.7 Å². The van der Waals surface area contributed by atoms with E-state index in [1.165, 1.54) is 6.33 Å². The predicted octanol–water partition coefficient (Wildman–Crippen LogP) is 4.00. The second-order valence-corrected chi connectivity index (χ2v) is 10.2. The number of hydrogen-bond donors (Lipinski definition) is 1. The number of carbonyl (C=O) groups is 1. The van der Waals surface area contributed by atoms with Gasteiger partial charge < -0.3 is 10.6 Å². The molecular formula is C23H24F3N5OS. The molecule has 2 saturated heterocycles. The van der Waals surface area contributed by atoms with Gasteiger partial charge in [0.05, 0.1) is 11.8 Å². The molecule has 2 N–H and O–H groups in total. The van der Waals surface area contributed by atoms with Crippen LogP contribution in [0.5, 0.6) is 0 Å². The predicted molar refractivity (Wildman–Crippen MR) is 121 cm³/mol. The SMILES string of the molecule is NC(=O)c1ccc(CN2CC[C@]3(CCN(c4ncnc5sc(CC(F)(F)F)cc45)C3)C2)cc1. The Morgan fingerprint density at radius 1 is 1.12 bits per heavy atom. The van der Waals surface area contributed by atoms with E-state index in [0.717, 1.165) is 68.3 Å². The second-order valence-electron chi connectivity index (χ2n) is 9.11. The van der Waals surface area contributed by atoms with E-state index in [-0.39, 0.29) is 10.3 Å². The highest BCUT2D eigenvalue weighted by Gasteiger charge is 2.44. The maximum absolute atomic E-state index is 12.9. The van der Waals surface area contributed by atoms with Crippen molar-refractivity contribution in [1.82, 2.24) is 14.9 Å². The van der Waals surface area contributed by atoms with Crippen LogP contribution in [0, 0.1) is 5.41 Å². The van der Waals surface area contributed by atoms with Gasteiger partial charge in [-0.2, -0.15) is 13.2 Å². The fraction of sp³-hybridized carbons (Fsp3) is 0.435. The lowest BCUT2D eigenvalue weighted by Crippen LogP contribution is -2.31. The van der Waals surface area contributed by atoms with Crippen molar-refractivity contribution in [2.75, 3.05) is 31.1 Å². The minimum Gasteiger partial charge on any atom is -0.366 e. The minimum absolute atomic E-state index is 0.148. The highest BCUT2D eigenvalue weighted by atomic mass is 32.1. The molecule has 1 aromatic carbocycles. The van der Waals surface area contributed by atoms with E-state index >= 15 is 0 Å². The van der Waals surface area contributed by atoms with Gasteiger partial charge in [0.2, 0.25) is 5.91 Å². The molecule has 3 aromatic rings. The van der Waals surface area contributed by atoms with Gasteiger partial charge in [-0.15, -0.1) is 11.3 Å². The molecular weight excluding hydrogens is 451 g/mol. The zero-order chi connectivity index (χ0) is 23.2. The Kier molecular flexibility index (Phi) is 5.52. The maximum atomic E-state index is 12.9. The largest absolute Gasteiger partial charge is 0.393 e. The van der Waals surface area contributed by atoms with Crippen molar-refractivity contribution in [2.24, 2.45) is 11.1 Å². The summed E-state index contributed by atoms with van der Waals surface area (Å²) in [6.45, 7) is 4.42. The van der Waals surface area contributed by atoms with Gasteiger partial charge in [0.25, 0.3) is 0 Å². The van der Waals surface area contributed by atoms with Crippen molar-refractivity contribution in [3.8, 4) is 0 Å². The van der Waals surface area contributed by atoms with E-state index in [2.05, 4.69) is 19.8 Å². The molecule has 10 heteroatoms. The van der Waals surface area contributed by atoms with Gasteiger partial charge in [-0.1, -0.05) is 12.1 Å². The van der Waals surface area contributed by atoms with Gasteiger partial charge in [0.15, 0.2) is 0 Å². The Bertz CT molecular complexity index is 1180. The van der Waals surface area contributed by atoms with E-state index in [4.69, 9.17) is 5.73 Å². The standard InChI is InChI=1S/C23H24F3N5OS/c24-23(25,26)10-17-9-18-20(28-14-29-21(18)33-17)31-8-6-22(13-31)5-7-30(12-22)11-15-1-3-16(4-2-15)19(27)32/h1-4,9,14H,5-8,10-13H2,(H2,27,32)/t22-/m0/s1. The van der Waals surface area contributed by atoms with E-state index in [1.54, 1.807) is 18.2 Å². The number of thiophene rings is 1. The number of anilines is 1. The molecule has 2 fully saturated rings. The van der Waals surface area contributed by atoms with Crippen molar-refractivity contribution in [1.29, 1.82) is 0 Å². The Morgan fingerprint density at radius 3 is 2.61 bits per heavy atom. The third-order valence-electron chi connectivity index (χ3n) is 6.63. The molecule has 2 aliphatic rings. The summed E-state index contributed by atoms with van der Waals surface area (Å²) < 4.78 is 38.6. The van der Waals surface area contributed by atoms with Gasteiger partial charge in [0, 0.05) is 42.0 Å². The zero-order valence-electron chi connectivity index (χ0n) is 17.9. The number of carbonyl (C=O) groups excluding carboxylic acids is 1. The van der Waals surface area contributed by atoms with Crippen LogP contribution < -0.4 is 10.6 Å². The number of alkyl halides is 3. The van der Waals surface area contributed by atoms with Crippen LogP contribution in [-0.4, -0.2) is 53.1 Å². The topological polar surface area (TPSA) is 75.4 Å². The van der Waals surface area contributed by atoms with Crippen LogP contribution in [0.2, 0.25) is 0 Å². The summed E-state index contributed by atoms with van der Waals surface area (Å²) >= 11 is 1.09. The van der Waals surface area contributed by atoms with E-state index in [0.29, 0.717) is 15.8 Å². The number of nitrogens with zero attached hydrogens (tertiary/aromatic N) is 4. The van der Waals surface area contributed by atoms with Crippen LogP contribution in [0.1, 0.15) is 33.6 Å². The van der Waals surface area contributed by atoms with Crippen molar-refractivity contribution in [2.45, 2.75) is 32.0 Å². The summed E-state index contributed by atoms with van der Waals surface area (Å²) in [6, 6.07) is 9.01. The minimum atomic E-state index is -4.24. The summed E-state index contributed by atoms with van der Waals surface area (Å²) in [5.74, 6) is 0.310. The molecule has 4 heterocycles. The summed E-state index contributed by atoms with van der Waals surface area (Å²) in [7, 11) is 0. The molecule has 0 bridgehead atoms. The Labute approximate surface area is 193 Å². The average molecular weight is 476 g/mol. The summed E-state index contributed by atoms with van der Waals surface area (Å²) in [5.41, 5.74) is 7.11. The monoisotopic (exact) mass is 475 g/mol. The Balaban J connectivity index is 1.28. The quantitative estimate of drug-likeness (QED) is 0.604. The molecule has 5 rings (SSSR count). The zero-order valence-corrected chi connectivity index (χ0v) is 18.8. The normalized spacial score (nSPS) is 21.5.